The average molecular weight is 375 g/mol. The maximum atomic E-state index is 12.4. The van der Waals surface area contributed by atoms with Crippen molar-refractivity contribution in [2.24, 2.45) is 0 Å². The first-order chi connectivity index (χ1) is 13.2. The third kappa shape index (κ3) is 2.88. The zero-order valence-corrected chi connectivity index (χ0v) is 14.8. The van der Waals surface area contributed by atoms with Crippen LogP contribution in [0.1, 0.15) is 16.1 Å². The normalized spacial score (nSPS) is 12.8. The molecule has 4 aromatic rings. The van der Waals surface area contributed by atoms with Crippen LogP contribution in [0.4, 0.5) is 10.8 Å². The minimum atomic E-state index is -0.337. The van der Waals surface area contributed by atoms with E-state index in [1.165, 1.54) is 11.3 Å². The van der Waals surface area contributed by atoms with Gasteiger partial charge in [-0.3, -0.25) is 14.9 Å². The third-order valence-electron chi connectivity index (χ3n) is 4.40. The standard InChI is InChI=1S/C20H13N3O3S/c24-18-9-13-7-11(5-6-14(13)21-18)15-10-27-20(22-15)23-19(25)17-8-12-3-1-2-4-16(12)26-17/h1-8,10H,9H2,(H,21,24)(H,22,23,25). The molecular weight excluding hydrogens is 362 g/mol. The summed E-state index contributed by atoms with van der Waals surface area (Å²) in [5, 5.41) is 8.83. The van der Waals surface area contributed by atoms with Crippen LogP contribution in [-0.4, -0.2) is 16.8 Å². The minimum absolute atomic E-state index is 0.000727. The van der Waals surface area contributed by atoms with E-state index in [0.29, 0.717) is 17.1 Å². The monoisotopic (exact) mass is 375 g/mol. The summed E-state index contributed by atoms with van der Waals surface area (Å²) in [6.45, 7) is 0. The van der Waals surface area contributed by atoms with Crippen LogP contribution in [0, 0.1) is 0 Å². The predicted octanol–water partition coefficient (Wildman–Crippen LogP) is 4.30. The van der Waals surface area contributed by atoms with E-state index in [1.807, 2.05) is 47.8 Å². The molecule has 1 aliphatic heterocycles. The third-order valence-corrected chi connectivity index (χ3v) is 5.16. The first kappa shape index (κ1) is 15.8. The first-order valence-electron chi connectivity index (χ1n) is 8.34. The largest absolute Gasteiger partial charge is 0.451 e. The Balaban J connectivity index is 1.37. The number of hydrogen-bond acceptors (Lipinski definition) is 5. The number of carbonyl (C=O) groups is 2. The van der Waals surface area contributed by atoms with E-state index >= 15 is 0 Å². The Morgan fingerprint density at radius 3 is 2.96 bits per heavy atom. The number of fused-ring (bicyclic) bond motifs is 2. The van der Waals surface area contributed by atoms with Crippen LogP contribution < -0.4 is 10.6 Å². The molecule has 0 fully saturated rings. The van der Waals surface area contributed by atoms with Gasteiger partial charge in [0.1, 0.15) is 5.58 Å². The molecule has 0 radical (unpaired) electrons. The molecule has 2 aromatic carbocycles. The highest BCUT2D eigenvalue weighted by atomic mass is 32.1. The van der Waals surface area contributed by atoms with Crippen molar-refractivity contribution in [3.05, 3.63) is 65.2 Å². The van der Waals surface area contributed by atoms with Gasteiger partial charge in [-0.25, -0.2) is 4.98 Å². The molecule has 7 heteroatoms. The summed E-state index contributed by atoms with van der Waals surface area (Å²) in [7, 11) is 0. The summed E-state index contributed by atoms with van der Waals surface area (Å²) in [5.41, 5.74) is 4.13. The van der Waals surface area contributed by atoms with E-state index in [9.17, 15) is 9.59 Å². The van der Waals surface area contributed by atoms with Gasteiger partial charge in [-0.1, -0.05) is 24.3 Å². The van der Waals surface area contributed by atoms with Gasteiger partial charge in [-0.05, 0) is 29.8 Å². The second kappa shape index (κ2) is 6.07. The fourth-order valence-electron chi connectivity index (χ4n) is 3.10. The van der Waals surface area contributed by atoms with E-state index in [1.54, 1.807) is 6.07 Å². The predicted molar refractivity (Wildman–Crippen MR) is 104 cm³/mol. The lowest BCUT2D eigenvalue weighted by Gasteiger charge is -2.01. The molecule has 2 N–H and O–H groups in total. The highest BCUT2D eigenvalue weighted by molar-refractivity contribution is 7.14. The van der Waals surface area contributed by atoms with Gasteiger partial charge in [0, 0.05) is 22.0 Å². The van der Waals surface area contributed by atoms with Crippen LogP contribution in [0.5, 0.6) is 0 Å². The van der Waals surface area contributed by atoms with Gasteiger partial charge < -0.3 is 9.73 Å². The van der Waals surface area contributed by atoms with Crippen molar-refractivity contribution in [3.8, 4) is 11.3 Å². The Bertz CT molecular complexity index is 1180. The summed E-state index contributed by atoms with van der Waals surface area (Å²) in [6, 6.07) is 14.9. The topological polar surface area (TPSA) is 84.2 Å². The van der Waals surface area contributed by atoms with Crippen LogP contribution in [-0.2, 0) is 11.2 Å². The molecule has 6 nitrogen and oxygen atoms in total. The van der Waals surface area contributed by atoms with Gasteiger partial charge >= 0.3 is 0 Å². The van der Waals surface area contributed by atoms with Gasteiger partial charge in [0.05, 0.1) is 12.1 Å². The number of para-hydroxylation sites is 1. The fourth-order valence-corrected chi connectivity index (χ4v) is 3.82. The van der Waals surface area contributed by atoms with Crippen molar-refractivity contribution in [2.75, 3.05) is 10.6 Å². The number of hydrogen-bond donors (Lipinski definition) is 2. The van der Waals surface area contributed by atoms with Crippen molar-refractivity contribution < 1.29 is 14.0 Å². The highest BCUT2D eigenvalue weighted by Crippen LogP contribution is 2.31. The molecule has 0 aliphatic carbocycles. The highest BCUT2D eigenvalue weighted by Gasteiger charge is 2.19. The fraction of sp³-hybridized carbons (Fsp3) is 0.0500. The Hall–Kier alpha value is -3.45. The number of rotatable bonds is 3. The molecule has 0 unspecified atom stereocenters. The molecule has 2 aromatic heterocycles. The summed E-state index contributed by atoms with van der Waals surface area (Å²) in [6.07, 6.45) is 0.378. The van der Waals surface area contributed by atoms with Crippen molar-refractivity contribution in [1.29, 1.82) is 0 Å². The summed E-state index contributed by atoms with van der Waals surface area (Å²) >= 11 is 1.34. The number of anilines is 2. The molecular formula is C20H13N3O3S. The van der Waals surface area contributed by atoms with E-state index in [0.717, 1.165) is 27.9 Å². The smallest absolute Gasteiger partial charge is 0.293 e. The lowest BCUT2D eigenvalue weighted by molar-refractivity contribution is -0.115. The summed E-state index contributed by atoms with van der Waals surface area (Å²) in [5.74, 6) is -0.0925. The number of nitrogens with zero attached hydrogens (tertiary/aromatic N) is 1. The number of benzene rings is 2. The summed E-state index contributed by atoms with van der Waals surface area (Å²) in [4.78, 5) is 28.4. The Morgan fingerprint density at radius 2 is 2.07 bits per heavy atom. The molecule has 27 heavy (non-hydrogen) atoms. The Morgan fingerprint density at radius 1 is 1.19 bits per heavy atom. The molecule has 5 rings (SSSR count). The number of furan rings is 1. The molecule has 2 amide bonds. The lowest BCUT2D eigenvalue weighted by atomic mass is 10.1. The number of aromatic nitrogens is 1. The zero-order valence-electron chi connectivity index (χ0n) is 14.0. The van der Waals surface area contributed by atoms with Gasteiger partial charge in [0.15, 0.2) is 10.9 Å². The zero-order chi connectivity index (χ0) is 18.4. The molecule has 3 heterocycles. The van der Waals surface area contributed by atoms with Crippen molar-refractivity contribution >= 4 is 44.9 Å². The Labute approximate surface area is 157 Å². The molecule has 0 bridgehead atoms. The summed E-state index contributed by atoms with van der Waals surface area (Å²) < 4.78 is 5.58. The SMILES string of the molecule is O=C1Cc2cc(-c3csc(NC(=O)c4cc5ccccc5o4)n3)ccc2N1. The Kier molecular flexibility index (Phi) is 3.54. The quantitative estimate of drug-likeness (QED) is 0.559. The van der Waals surface area contributed by atoms with Crippen LogP contribution in [0.25, 0.3) is 22.2 Å². The van der Waals surface area contributed by atoms with Crippen molar-refractivity contribution in [3.63, 3.8) is 0 Å². The van der Waals surface area contributed by atoms with Crippen LogP contribution in [0.3, 0.4) is 0 Å². The average Bonchev–Trinajstić information content (AvgIpc) is 3.37. The molecule has 132 valence electrons. The van der Waals surface area contributed by atoms with E-state index in [-0.39, 0.29) is 17.6 Å². The number of thiazole rings is 1. The molecule has 0 atom stereocenters. The first-order valence-corrected chi connectivity index (χ1v) is 9.22. The van der Waals surface area contributed by atoms with Crippen LogP contribution >= 0.6 is 11.3 Å². The van der Waals surface area contributed by atoms with Crippen molar-refractivity contribution in [2.45, 2.75) is 6.42 Å². The minimum Gasteiger partial charge on any atom is -0.451 e. The number of nitrogens with one attached hydrogen (secondary N) is 2. The van der Waals surface area contributed by atoms with E-state index in [2.05, 4.69) is 15.6 Å². The van der Waals surface area contributed by atoms with Crippen LogP contribution in [0.2, 0.25) is 0 Å². The molecule has 1 aliphatic rings. The molecule has 0 saturated heterocycles. The second-order valence-electron chi connectivity index (χ2n) is 6.24. The molecule has 0 spiro atoms. The lowest BCUT2D eigenvalue weighted by Crippen LogP contribution is -2.10. The van der Waals surface area contributed by atoms with Gasteiger partial charge in [-0.15, -0.1) is 11.3 Å². The van der Waals surface area contributed by atoms with Gasteiger partial charge in [0.2, 0.25) is 5.91 Å². The number of amides is 2. The maximum Gasteiger partial charge on any atom is 0.293 e. The molecule has 0 saturated carbocycles. The second-order valence-corrected chi connectivity index (χ2v) is 7.10. The van der Waals surface area contributed by atoms with Crippen LogP contribution in [0.15, 0.2) is 58.3 Å². The number of carbonyl (C=O) groups excluding carboxylic acids is 2. The van der Waals surface area contributed by atoms with E-state index in [4.69, 9.17) is 4.42 Å². The van der Waals surface area contributed by atoms with E-state index < -0.39 is 0 Å². The van der Waals surface area contributed by atoms with Gasteiger partial charge in [0.25, 0.3) is 5.91 Å². The van der Waals surface area contributed by atoms with Gasteiger partial charge in [-0.2, -0.15) is 0 Å². The van der Waals surface area contributed by atoms with Crippen molar-refractivity contribution in [1.82, 2.24) is 4.98 Å². The maximum absolute atomic E-state index is 12.4.